The lowest BCUT2D eigenvalue weighted by atomic mass is 9.71. The zero-order valence-electron chi connectivity index (χ0n) is 34.7. The minimum Gasteiger partial charge on any atom is -0.496 e. The summed E-state index contributed by atoms with van der Waals surface area (Å²) >= 11 is 1.71. The maximum absolute atomic E-state index is 13.4. The van der Waals surface area contributed by atoms with Crippen molar-refractivity contribution in [2.75, 3.05) is 72.0 Å². The molecule has 3 aromatic rings. The van der Waals surface area contributed by atoms with Gasteiger partial charge in [-0.15, -0.1) is 11.3 Å². The van der Waals surface area contributed by atoms with Crippen LogP contribution in [0.2, 0.25) is 0 Å². The van der Waals surface area contributed by atoms with Crippen LogP contribution in [-0.4, -0.2) is 123 Å². The molecule has 13 nitrogen and oxygen atoms in total. The molecule has 312 valence electrons. The fourth-order valence-electron chi connectivity index (χ4n) is 9.75. The first-order valence-corrected chi connectivity index (χ1v) is 21.5. The average Bonchev–Trinajstić information content (AvgIpc) is 3.69. The number of rotatable bonds is 12. The number of aryl methyl sites for hydroxylation is 2. The van der Waals surface area contributed by atoms with Gasteiger partial charge in [0.2, 0.25) is 18.2 Å². The van der Waals surface area contributed by atoms with Crippen LogP contribution in [0.5, 0.6) is 11.5 Å². The van der Waals surface area contributed by atoms with Gasteiger partial charge >= 0.3 is 0 Å². The summed E-state index contributed by atoms with van der Waals surface area (Å²) in [4.78, 5) is 74.6. The molecule has 2 aromatic carbocycles. The average molecular weight is 823 g/mol. The third-order valence-corrected chi connectivity index (χ3v) is 14.3. The molecule has 0 bridgehead atoms. The molecular weight excluding hydrogens is 769 g/mol. The first kappa shape index (κ1) is 40.7. The number of benzene rings is 2. The van der Waals surface area contributed by atoms with Crippen molar-refractivity contribution in [3.8, 4) is 11.5 Å². The van der Waals surface area contributed by atoms with Crippen LogP contribution in [0.1, 0.15) is 85.7 Å². The molecule has 1 spiro atoms. The van der Waals surface area contributed by atoms with E-state index < -0.39 is 23.8 Å². The number of nitrogens with zero attached hydrogens (tertiary/aromatic N) is 5. The van der Waals surface area contributed by atoms with Crippen LogP contribution in [0.3, 0.4) is 0 Å². The molecule has 0 aliphatic carbocycles. The van der Waals surface area contributed by atoms with Crippen LogP contribution in [0.25, 0.3) is 5.57 Å². The van der Waals surface area contributed by atoms with Crippen molar-refractivity contribution >= 4 is 52.6 Å². The second-order valence-corrected chi connectivity index (χ2v) is 18.4. The predicted molar refractivity (Wildman–Crippen MR) is 226 cm³/mol. The Kier molecular flexibility index (Phi) is 11.4. The first-order chi connectivity index (χ1) is 28.4. The van der Waals surface area contributed by atoms with Crippen molar-refractivity contribution in [1.82, 2.24) is 24.9 Å². The molecule has 6 heterocycles. The summed E-state index contributed by atoms with van der Waals surface area (Å²) in [6.45, 7) is 12.1. The summed E-state index contributed by atoms with van der Waals surface area (Å²) in [5, 5.41) is 2.26. The van der Waals surface area contributed by atoms with Crippen molar-refractivity contribution in [1.29, 1.82) is 0 Å². The van der Waals surface area contributed by atoms with Gasteiger partial charge in [0, 0.05) is 72.3 Å². The van der Waals surface area contributed by atoms with Gasteiger partial charge in [-0.1, -0.05) is 0 Å². The van der Waals surface area contributed by atoms with Gasteiger partial charge in [0.25, 0.3) is 11.8 Å². The number of fused-ring (bicyclic) bond motifs is 1. The quantitative estimate of drug-likeness (QED) is 0.195. The van der Waals surface area contributed by atoms with Crippen molar-refractivity contribution in [3.63, 3.8) is 0 Å². The summed E-state index contributed by atoms with van der Waals surface area (Å²) < 4.78 is 12.0. The van der Waals surface area contributed by atoms with Gasteiger partial charge in [-0.25, -0.2) is 0 Å². The minimum absolute atomic E-state index is 0.102. The number of hydrogen-bond donors (Lipinski definition) is 1. The van der Waals surface area contributed by atoms with Gasteiger partial charge < -0.3 is 24.2 Å². The SMILES string of the molecule is COc1cc(/C(=C/N(C)C=O)c2sc(C)cc2C)cc(OC)c1CN1CCC(CN2CCC3(CC2)CN(c2ccc4c(c2)C(=O)N(C2CCC(=O)NC2=O)C4=O)C3)CC1. The second-order valence-electron chi connectivity index (χ2n) is 17.1. The lowest BCUT2D eigenvalue weighted by molar-refractivity contribution is -0.136. The lowest BCUT2D eigenvalue weighted by Crippen LogP contribution is -2.60. The molecule has 8 rings (SSSR count). The third-order valence-electron chi connectivity index (χ3n) is 13.1. The molecule has 0 radical (unpaired) electrons. The Hall–Kier alpha value is -5.05. The maximum Gasteiger partial charge on any atom is 0.262 e. The lowest BCUT2D eigenvalue weighted by Gasteiger charge is -2.55. The molecule has 4 fully saturated rings. The molecule has 5 aliphatic rings. The third kappa shape index (κ3) is 8.02. The summed E-state index contributed by atoms with van der Waals surface area (Å²) in [6.07, 6.45) is 7.48. The Morgan fingerprint density at radius 3 is 2.19 bits per heavy atom. The maximum atomic E-state index is 13.4. The molecule has 4 saturated heterocycles. The highest BCUT2D eigenvalue weighted by Crippen LogP contribution is 2.44. The fraction of sp³-hybridized carbons (Fsp3) is 0.489. The van der Waals surface area contributed by atoms with Gasteiger partial charge in [0.1, 0.15) is 17.5 Å². The Bertz CT molecular complexity index is 2170. The summed E-state index contributed by atoms with van der Waals surface area (Å²) in [5.41, 5.74) is 5.92. The standard InChI is InChI=1S/C45H54N6O7S/c1-28-18-29(2)59-41(28)35(23-47(3)27-52)31-19-38(57-4)36(39(20-31)58-5)24-48-14-10-30(11-15-48)22-49-16-12-45(13-17-49)25-50(26-45)32-6-7-33-34(21-32)44(56)51(43(33)55)37-8-9-40(53)46-42(37)54/h6-7,18-21,23,27,30,37H,8-17,22,24-26H2,1-5H3,(H,46,53,54)/b35-23-. The molecule has 1 N–H and O–H groups in total. The van der Waals surface area contributed by atoms with E-state index in [1.165, 1.54) is 4.88 Å². The summed E-state index contributed by atoms with van der Waals surface area (Å²) in [5.74, 6) is 0.288. The number of anilines is 1. The number of carbonyl (C=O) groups excluding carboxylic acids is 5. The van der Waals surface area contributed by atoms with Crippen LogP contribution in [-0.2, 0) is 20.9 Å². The predicted octanol–water partition coefficient (Wildman–Crippen LogP) is 5.08. The van der Waals surface area contributed by atoms with E-state index in [0.29, 0.717) is 17.0 Å². The Labute approximate surface area is 349 Å². The Morgan fingerprint density at radius 2 is 1.58 bits per heavy atom. The van der Waals surface area contributed by atoms with Crippen molar-refractivity contribution in [3.05, 3.63) is 80.2 Å². The molecule has 5 aliphatic heterocycles. The Balaban J connectivity index is 0.830. The molecule has 5 amide bonds. The summed E-state index contributed by atoms with van der Waals surface area (Å²) in [6, 6.07) is 10.8. The van der Waals surface area contributed by atoms with Gasteiger partial charge in [-0.2, -0.15) is 0 Å². The number of ether oxygens (including phenoxy) is 2. The number of thiophene rings is 1. The number of hydrogen-bond acceptors (Lipinski definition) is 11. The van der Waals surface area contributed by atoms with Gasteiger partial charge in [0.15, 0.2) is 0 Å². The van der Waals surface area contributed by atoms with Crippen LogP contribution >= 0.6 is 11.3 Å². The molecule has 14 heteroatoms. The van der Waals surface area contributed by atoms with E-state index in [1.54, 1.807) is 49.6 Å². The van der Waals surface area contributed by atoms with Crippen molar-refractivity contribution in [2.45, 2.75) is 65.0 Å². The number of likely N-dealkylation sites (tertiary alicyclic amines) is 2. The smallest absolute Gasteiger partial charge is 0.262 e. The van der Waals surface area contributed by atoms with Gasteiger partial charge in [-0.05, 0) is 126 Å². The number of amides is 5. The monoisotopic (exact) mass is 822 g/mol. The van der Waals surface area contributed by atoms with Crippen LogP contribution in [0, 0.1) is 25.2 Å². The number of imide groups is 2. The number of piperidine rings is 3. The first-order valence-electron chi connectivity index (χ1n) is 20.7. The van der Waals surface area contributed by atoms with Crippen LogP contribution in [0.15, 0.2) is 42.6 Å². The largest absolute Gasteiger partial charge is 0.496 e. The number of nitrogens with one attached hydrogen (secondary N) is 1. The highest BCUT2D eigenvalue weighted by molar-refractivity contribution is 7.13. The van der Waals surface area contributed by atoms with E-state index >= 15 is 0 Å². The van der Waals surface area contributed by atoms with E-state index in [4.69, 9.17) is 9.47 Å². The molecule has 1 aromatic heterocycles. The second kappa shape index (κ2) is 16.5. The van der Waals surface area contributed by atoms with Crippen LogP contribution < -0.4 is 19.7 Å². The number of methoxy groups -OCH3 is 2. The van der Waals surface area contributed by atoms with E-state index in [2.05, 4.69) is 52.1 Å². The normalized spacial score (nSPS) is 21.4. The minimum atomic E-state index is -0.961. The zero-order chi connectivity index (χ0) is 41.6. The van der Waals surface area contributed by atoms with Gasteiger partial charge in [-0.3, -0.25) is 39.1 Å². The molecule has 0 saturated carbocycles. The van der Waals surface area contributed by atoms with E-state index in [1.807, 2.05) is 12.3 Å². The van der Waals surface area contributed by atoms with E-state index in [0.717, 1.165) is 134 Å². The molecule has 1 unspecified atom stereocenters. The summed E-state index contributed by atoms with van der Waals surface area (Å²) in [7, 11) is 5.16. The topological polar surface area (TPSA) is 132 Å². The highest BCUT2D eigenvalue weighted by atomic mass is 32.1. The van der Waals surface area contributed by atoms with Crippen molar-refractivity contribution in [2.24, 2.45) is 11.3 Å². The molecular formula is C45H54N6O7S. The Morgan fingerprint density at radius 1 is 0.898 bits per heavy atom. The molecule has 59 heavy (non-hydrogen) atoms. The molecule has 1 atom stereocenters. The van der Waals surface area contributed by atoms with E-state index in [9.17, 15) is 24.0 Å². The number of carbonyl (C=O) groups is 5. The van der Waals surface area contributed by atoms with Crippen LogP contribution in [0.4, 0.5) is 5.69 Å². The van der Waals surface area contributed by atoms with Gasteiger partial charge in [0.05, 0.1) is 30.9 Å². The zero-order valence-corrected chi connectivity index (χ0v) is 35.5. The van der Waals surface area contributed by atoms with Crippen molar-refractivity contribution < 1.29 is 33.4 Å². The van der Waals surface area contributed by atoms with E-state index in [-0.39, 0.29) is 24.2 Å². The highest BCUT2D eigenvalue weighted by Gasteiger charge is 2.47. The fourth-order valence-corrected chi connectivity index (χ4v) is 10.8.